The first kappa shape index (κ1) is 13.8. The number of hydrogen-bond donors (Lipinski definition) is 3. The summed E-state index contributed by atoms with van der Waals surface area (Å²) >= 11 is 0. The molecule has 3 rings (SSSR count). The SMILES string of the molecule is Cc1ccc(-c2cnc(CNC(=O)c3n[nH]c(=O)[nH]3)o2)cc1. The molecule has 8 nitrogen and oxygen atoms in total. The van der Waals surface area contributed by atoms with Crippen LogP contribution in [0.25, 0.3) is 11.3 Å². The van der Waals surface area contributed by atoms with E-state index in [9.17, 15) is 9.59 Å². The molecule has 2 heterocycles. The van der Waals surface area contributed by atoms with E-state index in [1.54, 1.807) is 6.20 Å². The van der Waals surface area contributed by atoms with E-state index < -0.39 is 11.6 Å². The Balaban J connectivity index is 1.66. The molecule has 0 radical (unpaired) electrons. The first-order valence-corrected chi connectivity index (χ1v) is 6.56. The fourth-order valence-corrected chi connectivity index (χ4v) is 1.86. The molecule has 0 fully saturated rings. The summed E-state index contributed by atoms with van der Waals surface area (Å²) in [7, 11) is 0. The van der Waals surface area contributed by atoms with Gasteiger partial charge in [0.05, 0.1) is 12.7 Å². The highest BCUT2D eigenvalue weighted by molar-refractivity contribution is 5.90. The maximum Gasteiger partial charge on any atom is 0.341 e. The Morgan fingerprint density at radius 1 is 1.32 bits per heavy atom. The second-order valence-corrected chi connectivity index (χ2v) is 4.69. The minimum atomic E-state index is -0.539. The van der Waals surface area contributed by atoms with E-state index in [1.807, 2.05) is 31.2 Å². The summed E-state index contributed by atoms with van der Waals surface area (Å²) in [6.45, 7) is 2.10. The molecule has 2 aromatic heterocycles. The van der Waals surface area contributed by atoms with Gasteiger partial charge in [-0.2, -0.15) is 0 Å². The van der Waals surface area contributed by atoms with Crippen molar-refractivity contribution in [2.45, 2.75) is 13.5 Å². The summed E-state index contributed by atoms with van der Waals surface area (Å²) in [4.78, 5) is 28.9. The van der Waals surface area contributed by atoms with Crippen molar-refractivity contribution in [3.8, 4) is 11.3 Å². The third-order valence-corrected chi connectivity index (χ3v) is 3.01. The van der Waals surface area contributed by atoms with Gasteiger partial charge in [-0.1, -0.05) is 29.8 Å². The summed E-state index contributed by atoms with van der Waals surface area (Å²) in [6.07, 6.45) is 1.60. The predicted molar refractivity (Wildman–Crippen MR) is 77.1 cm³/mol. The van der Waals surface area contributed by atoms with Crippen LogP contribution in [0.3, 0.4) is 0 Å². The Morgan fingerprint density at radius 2 is 2.09 bits per heavy atom. The number of hydrogen-bond acceptors (Lipinski definition) is 5. The van der Waals surface area contributed by atoms with E-state index in [0.717, 1.165) is 11.1 Å². The number of H-pyrrole nitrogens is 2. The maximum atomic E-state index is 11.7. The van der Waals surface area contributed by atoms with Gasteiger partial charge in [0.15, 0.2) is 5.76 Å². The quantitative estimate of drug-likeness (QED) is 0.664. The van der Waals surface area contributed by atoms with Crippen LogP contribution in [0.2, 0.25) is 0 Å². The van der Waals surface area contributed by atoms with Gasteiger partial charge in [0.1, 0.15) is 0 Å². The van der Waals surface area contributed by atoms with Gasteiger partial charge in [-0.15, -0.1) is 5.10 Å². The number of carbonyl (C=O) groups is 1. The van der Waals surface area contributed by atoms with Gasteiger partial charge in [-0.25, -0.2) is 14.9 Å². The molecular weight excluding hydrogens is 286 g/mol. The maximum absolute atomic E-state index is 11.7. The van der Waals surface area contributed by atoms with Crippen LogP contribution in [-0.4, -0.2) is 26.1 Å². The Morgan fingerprint density at radius 3 is 2.77 bits per heavy atom. The Labute approximate surface area is 124 Å². The highest BCUT2D eigenvalue weighted by Gasteiger charge is 2.12. The highest BCUT2D eigenvalue weighted by Crippen LogP contribution is 2.20. The monoisotopic (exact) mass is 299 g/mol. The molecule has 3 aromatic rings. The summed E-state index contributed by atoms with van der Waals surface area (Å²) in [5, 5.41) is 8.20. The van der Waals surface area contributed by atoms with Gasteiger partial charge in [-0.05, 0) is 6.92 Å². The number of oxazole rings is 1. The summed E-state index contributed by atoms with van der Waals surface area (Å²) in [5.74, 6) is 0.378. The van der Waals surface area contributed by atoms with Gasteiger partial charge in [-0.3, -0.25) is 9.78 Å². The molecule has 112 valence electrons. The van der Waals surface area contributed by atoms with E-state index >= 15 is 0 Å². The van der Waals surface area contributed by atoms with Crippen LogP contribution in [0.4, 0.5) is 0 Å². The molecule has 1 aromatic carbocycles. The zero-order valence-electron chi connectivity index (χ0n) is 11.7. The van der Waals surface area contributed by atoms with Crippen molar-refractivity contribution >= 4 is 5.91 Å². The molecule has 0 unspecified atom stereocenters. The Hall–Kier alpha value is -3.16. The van der Waals surface area contributed by atoms with E-state index in [0.29, 0.717) is 11.7 Å². The summed E-state index contributed by atoms with van der Waals surface area (Å²) < 4.78 is 5.58. The van der Waals surface area contributed by atoms with Gasteiger partial charge in [0.2, 0.25) is 11.7 Å². The molecule has 8 heteroatoms. The van der Waals surface area contributed by atoms with E-state index in [1.165, 1.54) is 0 Å². The van der Waals surface area contributed by atoms with Crippen LogP contribution in [0.15, 0.2) is 39.7 Å². The van der Waals surface area contributed by atoms with E-state index in [2.05, 4.69) is 25.5 Å². The van der Waals surface area contributed by atoms with Gasteiger partial charge in [0, 0.05) is 5.56 Å². The van der Waals surface area contributed by atoms with Gasteiger partial charge >= 0.3 is 5.69 Å². The smallest absolute Gasteiger partial charge is 0.341 e. The molecule has 22 heavy (non-hydrogen) atoms. The van der Waals surface area contributed by atoms with Crippen LogP contribution < -0.4 is 11.0 Å². The van der Waals surface area contributed by atoms with Crippen molar-refractivity contribution in [3.05, 3.63) is 58.2 Å². The fourth-order valence-electron chi connectivity index (χ4n) is 1.86. The zero-order valence-corrected chi connectivity index (χ0v) is 11.7. The average Bonchev–Trinajstić information content (AvgIpc) is 3.15. The van der Waals surface area contributed by atoms with E-state index in [-0.39, 0.29) is 12.4 Å². The number of nitrogens with one attached hydrogen (secondary N) is 3. The molecule has 0 bridgehead atoms. The largest absolute Gasteiger partial charge is 0.439 e. The number of benzene rings is 1. The number of amides is 1. The first-order chi connectivity index (χ1) is 10.6. The molecule has 0 aliphatic rings. The van der Waals surface area contributed by atoms with Crippen molar-refractivity contribution in [2.75, 3.05) is 0 Å². The average molecular weight is 299 g/mol. The van der Waals surface area contributed by atoms with Crippen LogP contribution in [0.5, 0.6) is 0 Å². The van der Waals surface area contributed by atoms with Gasteiger partial charge < -0.3 is 9.73 Å². The van der Waals surface area contributed by atoms with E-state index in [4.69, 9.17) is 4.42 Å². The lowest BCUT2D eigenvalue weighted by Crippen LogP contribution is -2.24. The predicted octanol–water partition coefficient (Wildman–Crippen LogP) is 0.991. The molecule has 0 aliphatic carbocycles. The molecular formula is C14H13N5O3. The van der Waals surface area contributed by atoms with Crippen molar-refractivity contribution < 1.29 is 9.21 Å². The fraction of sp³-hybridized carbons (Fsp3) is 0.143. The number of carbonyl (C=O) groups excluding carboxylic acids is 1. The lowest BCUT2D eigenvalue weighted by molar-refractivity contribution is 0.0937. The Bertz CT molecular complexity index is 844. The molecule has 0 saturated heterocycles. The molecule has 0 saturated carbocycles. The zero-order chi connectivity index (χ0) is 15.5. The van der Waals surface area contributed by atoms with Crippen molar-refractivity contribution in [1.82, 2.24) is 25.5 Å². The van der Waals surface area contributed by atoms with Gasteiger partial charge in [0.25, 0.3) is 5.91 Å². The summed E-state index contributed by atoms with van der Waals surface area (Å²) in [5.41, 5.74) is 1.53. The standard InChI is InChI=1S/C14H13N5O3/c1-8-2-4-9(5-3-8)10-6-15-11(22-10)7-16-13(20)12-17-14(21)19-18-12/h2-6H,7H2,1H3,(H,16,20)(H2,17,18,19,21). The van der Waals surface area contributed by atoms with Crippen molar-refractivity contribution in [3.63, 3.8) is 0 Å². The third-order valence-electron chi connectivity index (χ3n) is 3.01. The minimum absolute atomic E-state index is 0.0877. The molecule has 0 spiro atoms. The molecule has 0 aliphatic heterocycles. The van der Waals surface area contributed by atoms with Crippen LogP contribution in [0.1, 0.15) is 22.1 Å². The number of aromatic amines is 2. The lowest BCUT2D eigenvalue weighted by Gasteiger charge is -1.99. The number of aryl methyl sites for hydroxylation is 1. The second-order valence-electron chi connectivity index (χ2n) is 4.69. The highest BCUT2D eigenvalue weighted by atomic mass is 16.4. The molecule has 1 amide bonds. The topological polar surface area (TPSA) is 117 Å². The number of nitrogens with zero attached hydrogens (tertiary/aromatic N) is 2. The Kier molecular flexibility index (Phi) is 3.57. The van der Waals surface area contributed by atoms with Crippen LogP contribution >= 0.6 is 0 Å². The lowest BCUT2D eigenvalue weighted by atomic mass is 10.1. The second kappa shape index (κ2) is 5.68. The number of aromatic nitrogens is 4. The number of rotatable bonds is 4. The van der Waals surface area contributed by atoms with Crippen LogP contribution in [0, 0.1) is 6.92 Å². The van der Waals surface area contributed by atoms with Crippen LogP contribution in [-0.2, 0) is 6.54 Å². The normalized spacial score (nSPS) is 10.6. The molecule has 3 N–H and O–H groups in total. The first-order valence-electron chi connectivity index (χ1n) is 6.56. The third kappa shape index (κ3) is 2.95. The molecule has 0 atom stereocenters. The van der Waals surface area contributed by atoms with Crippen molar-refractivity contribution in [2.24, 2.45) is 0 Å². The van der Waals surface area contributed by atoms with Crippen molar-refractivity contribution in [1.29, 1.82) is 0 Å². The minimum Gasteiger partial charge on any atom is -0.439 e. The summed E-state index contributed by atoms with van der Waals surface area (Å²) in [6, 6.07) is 7.83.